The van der Waals surface area contributed by atoms with Crippen molar-refractivity contribution in [3.8, 4) is 5.75 Å². The zero-order valence-electron chi connectivity index (χ0n) is 14.2. The third kappa shape index (κ3) is 3.75. The highest BCUT2D eigenvalue weighted by molar-refractivity contribution is 6.32. The molecule has 26 heavy (non-hydrogen) atoms. The van der Waals surface area contributed by atoms with Gasteiger partial charge in [0.2, 0.25) is 5.91 Å². The molecule has 136 valence electrons. The van der Waals surface area contributed by atoms with Crippen molar-refractivity contribution in [2.75, 3.05) is 25.1 Å². The molecular weight excluding hydrogens is 356 g/mol. The standard InChI is InChI=1S/C19H19ClN2O4/c1-26-16-7-6-13(10-14(16)20)18(19(24)25)21-17(23)11-22-9-8-12-4-2-3-5-15(12)22/h2-7,10,18H,8-9,11H2,1H3,(H,21,23)(H,24,25). The van der Waals surface area contributed by atoms with Crippen LogP contribution in [0.4, 0.5) is 5.69 Å². The van der Waals surface area contributed by atoms with Gasteiger partial charge in [0.15, 0.2) is 6.04 Å². The highest BCUT2D eigenvalue weighted by atomic mass is 35.5. The van der Waals surface area contributed by atoms with Crippen LogP contribution in [0.5, 0.6) is 5.75 Å². The zero-order chi connectivity index (χ0) is 18.7. The van der Waals surface area contributed by atoms with Crippen LogP contribution in [-0.2, 0) is 16.0 Å². The van der Waals surface area contributed by atoms with Gasteiger partial charge < -0.3 is 20.1 Å². The van der Waals surface area contributed by atoms with Crippen molar-refractivity contribution in [3.63, 3.8) is 0 Å². The molecule has 1 heterocycles. The smallest absolute Gasteiger partial charge is 0.330 e. The second-order valence-electron chi connectivity index (χ2n) is 6.03. The topological polar surface area (TPSA) is 78.9 Å². The molecule has 3 rings (SSSR count). The maximum absolute atomic E-state index is 12.4. The molecule has 0 radical (unpaired) electrons. The number of hydrogen-bond acceptors (Lipinski definition) is 4. The Morgan fingerprint density at radius 3 is 2.77 bits per heavy atom. The predicted octanol–water partition coefficient (Wildman–Crippen LogP) is 2.65. The molecule has 1 unspecified atom stereocenters. The Kier molecular flexibility index (Phi) is 5.32. The molecule has 1 amide bonds. The van der Waals surface area contributed by atoms with Gasteiger partial charge in [-0.15, -0.1) is 0 Å². The Morgan fingerprint density at radius 2 is 2.08 bits per heavy atom. The van der Waals surface area contributed by atoms with E-state index in [0.717, 1.165) is 18.7 Å². The molecule has 1 atom stereocenters. The molecule has 0 saturated heterocycles. The fraction of sp³-hybridized carbons (Fsp3) is 0.263. The van der Waals surface area contributed by atoms with Crippen molar-refractivity contribution in [2.45, 2.75) is 12.5 Å². The summed E-state index contributed by atoms with van der Waals surface area (Å²) in [6.07, 6.45) is 0.875. The van der Waals surface area contributed by atoms with Gasteiger partial charge in [0.05, 0.1) is 18.7 Å². The fourth-order valence-electron chi connectivity index (χ4n) is 3.10. The number of para-hydroxylation sites is 1. The number of nitrogens with one attached hydrogen (secondary N) is 1. The van der Waals surface area contributed by atoms with Crippen LogP contribution < -0.4 is 15.0 Å². The van der Waals surface area contributed by atoms with E-state index in [4.69, 9.17) is 16.3 Å². The van der Waals surface area contributed by atoms with Crippen LogP contribution in [0.1, 0.15) is 17.2 Å². The number of halogens is 1. The van der Waals surface area contributed by atoms with Crippen molar-refractivity contribution >= 4 is 29.2 Å². The molecule has 1 aliphatic heterocycles. The van der Waals surface area contributed by atoms with E-state index >= 15 is 0 Å². The summed E-state index contributed by atoms with van der Waals surface area (Å²) in [6, 6.07) is 11.4. The highest BCUT2D eigenvalue weighted by Gasteiger charge is 2.26. The van der Waals surface area contributed by atoms with Gasteiger partial charge in [0.1, 0.15) is 5.75 Å². The minimum atomic E-state index is -1.18. The Hall–Kier alpha value is -2.73. The highest BCUT2D eigenvalue weighted by Crippen LogP contribution is 2.29. The van der Waals surface area contributed by atoms with Gasteiger partial charge in [0.25, 0.3) is 0 Å². The van der Waals surface area contributed by atoms with E-state index < -0.39 is 12.0 Å². The number of carboxylic acid groups (broad SMARTS) is 1. The zero-order valence-corrected chi connectivity index (χ0v) is 15.0. The number of amides is 1. The average molecular weight is 375 g/mol. The Morgan fingerprint density at radius 1 is 1.31 bits per heavy atom. The maximum atomic E-state index is 12.4. The van der Waals surface area contributed by atoms with Gasteiger partial charge in [-0.1, -0.05) is 35.9 Å². The molecule has 0 saturated carbocycles. The molecule has 0 bridgehead atoms. The summed E-state index contributed by atoms with van der Waals surface area (Å²) in [5.41, 5.74) is 2.59. The van der Waals surface area contributed by atoms with Crippen LogP contribution in [0.25, 0.3) is 0 Å². The fourth-order valence-corrected chi connectivity index (χ4v) is 3.37. The number of carbonyl (C=O) groups is 2. The molecule has 1 aliphatic rings. The lowest BCUT2D eigenvalue weighted by molar-refractivity contribution is -0.141. The molecule has 7 heteroatoms. The first-order valence-corrected chi connectivity index (χ1v) is 8.56. The van der Waals surface area contributed by atoms with Crippen LogP contribution in [0.15, 0.2) is 42.5 Å². The van der Waals surface area contributed by atoms with E-state index in [1.54, 1.807) is 12.1 Å². The molecule has 0 spiro atoms. The van der Waals surface area contributed by atoms with E-state index in [0.29, 0.717) is 16.3 Å². The minimum Gasteiger partial charge on any atom is -0.495 e. The lowest BCUT2D eigenvalue weighted by Crippen LogP contribution is -2.40. The summed E-state index contributed by atoms with van der Waals surface area (Å²) in [5.74, 6) is -1.07. The van der Waals surface area contributed by atoms with Gasteiger partial charge in [-0.2, -0.15) is 0 Å². The molecule has 2 aromatic rings. The van der Waals surface area contributed by atoms with E-state index in [1.807, 2.05) is 29.2 Å². The summed E-state index contributed by atoms with van der Waals surface area (Å²) in [4.78, 5) is 26.0. The number of anilines is 1. The second kappa shape index (κ2) is 7.66. The number of methoxy groups -OCH3 is 1. The summed E-state index contributed by atoms with van der Waals surface area (Å²) < 4.78 is 5.07. The number of aliphatic carboxylic acids is 1. The van der Waals surface area contributed by atoms with Crippen LogP contribution in [0.2, 0.25) is 5.02 Å². The second-order valence-corrected chi connectivity index (χ2v) is 6.44. The quantitative estimate of drug-likeness (QED) is 0.812. The molecule has 6 nitrogen and oxygen atoms in total. The number of ether oxygens (including phenoxy) is 1. The first-order chi connectivity index (χ1) is 12.5. The number of fused-ring (bicyclic) bond motifs is 1. The number of carboxylic acids is 1. The van der Waals surface area contributed by atoms with E-state index in [-0.39, 0.29) is 12.5 Å². The van der Waals surface area contributed by atoms with Crippen LogP contribution >= 0.6 is 11.6 Å². The van der Waals surface area contributed by atoms with Gasteiger partial charge in [0, 0.05) is 12.2 Å². The normalized spacial score (nSPS) is 13.8. The van der Waals surface area contributed by atoms with Gasteiger partial charge in [-0.05, 0) is 35.7 Å². The summed E-state index contributed by atoms with van der Waals surface area (Å²) in [5, 5.41) is 12.4. The minimum absolute atomic E-state index is 0.102. The molecule has 0 fully saturated rings. The molecule has 0 aliphatic carbocycles. The van der Waals surface area contributed by atoms with Crippen LogP contribution in [0, 0.1) is 0 Å². The summed E-state index contributed by atoms with van der Waals surface area (Å²) >= 11 is 6.07. The predicted molar refractivity (Wildman–Crippen MR) is 98.9 cm³/mol. The number of benzene rings is 2. The lowest BCUT2D eigenvalue weighted by atomic mass is 10.1. The third-order valence-corrected chi connectivity index (χ3v) is 4.67. The van der Waals surface area contributed by atoms with E-state index in [2.05, 4.69) is 5.32 Å². The molecule has 0 aromatic heterocycles. The first kappa shape index (κ1) is 18.1. The van der Waals surface area contributed by atoms with Crippen molar-refractivity contribution in [1.29, 1.82) is 0 Å². The largest absolute Gasteiger partial charge is 0.495 e. The van der Waals surface area contributed by atoms with Crippen LogP contribution in [-0.4, -0.2) is 37.2 Å². The summed E-state index contributed by atoms with van der Waals surface area (Å²) in [6.45, 7) is 0.837. The van der Waals surface area contributed by atoms with Crippen molar-refractivity contribution in [3.05, 3.63) is 58.6 Å². The number of carbonyl (C=O) groups excluding carboxylic acids is 1. The van der Waals surface area contributed by atoms with Crippen molar-refractivity contribution in [1.82, 2.24) is 5.32 Å². The average Bonchev–Trinajstić information content (AvgIpc) is 3.02. The van der Waals surface area contributed by atoms with E-state index in [1.165, 1.54) is 18.7 Å². The molecule has 2 N–H and O–H groups in total. The summed E-state index contributed by atoms with van der Waals surface area (Å²) in [7, 11) is 1.48. The van der Waals surface area contributed by atoms with Gasteiger partial charge in [-0.3, -0.25) is 4.79 Å². The van der Waals surface area contributed by atoms with Crippen LogP contribution in [0.3, 0.4) is 0 Å². The number of hydrogen-bond donors (Lipinski definition) is 2. The number of rotatable bonds is 6. The first-order valence-electron chi connectivity index (χ1n) is 8.18. The van der Waals surface area contributed by atoms with Crippen molar-refractivity contribution in [2.24, 2.45) is 0 Å². The lowest BCUT2D eigenvalue weighted by Gasteiger charge is -2.21. The Labute approximate surface area is 156 Å². The Balaban J connectivity index is 1.72. The van der Waals surface area contributed by atoms with Crippen molar-refractivity contribution < 1.29 is 19.4 Å². The van der Waals surface area contributed by atoms with E-state index in [9.17, 15) is 14.7 Å². The van der Waals surface area contributed by atoms with Gasteiger partial charge in [-0.25, -0.2) is 4.79 Å². The molecular formula is C19H19ClN2O4. The van der Waals surface area contributed by atoms with Gasteiger partial charge >= 0.3 is 5.97 Å². The number of nitrogens with zero attached hydrogens (tertiary/aromatic N) is 1. The maximum Gasteiger partial charge on any atom is 0.330 e. The third-order valence-electron chi connectivity index (χ3n) is 4.38. The molecule has 2 aromatic carbocycles. The Bertz CT molecular complexity index is 840. The SMILES string of the molecule is COc1ccc(C(NC(=O)CN2CCc3ccccc32)C(=O)O)cc1Cl. The monoisotopic (exact) mass is 374 g/mol.